The molecular formula is C8H14F3NO3. The van der Waals surface area contributed by atoms with Gasteiger partial charge in [0.2, 0.25) is 0 Å². The van der Waals surface area contributed by atoms with Crippen LogP contribution in [0.3, 0.4) is 0 Å². The first-order chi connectivity index (χ1) is 6.87. The van der Waals surface area contributed by atoms with Crippen molar-refractivity contribution in [2.45, 2.75) is 25.6 Å². The Bertz CT molecular complexity index is 196. The number of aliphatic carboxylic acids is 1. The van der Waals surface area contributed by atoms with Crippen molar-refractivity contribution in [2.75, 3.05) is 19.8 Å². The Hall–Kier alpha value is -0.820. The highest BCUT2D eigenvalue weighted by Crippen LogP contribution is 2.14. The molecule has 15 heavy (non-hydrogen) atoms. The van der Waals surface area contributed by atoms with Gasteiger partial charge in [0.1, 0.15) is 12.6 Å². The second-order valence-electron chi connectivity index (χ2n) is 2.90. The van der Waals surface area contributed by atoms with E-state index in [1.54, 1.807) is 6.92 Å². The minimum Gasteiger partial charge on any atom is -0.480 e. The van der Waals surface area contributed by atoms with Crippen molar-refractivity contribution in [3.8, 4) is 0 Å². The molecule has 0 amide bonds. The SMILES string of the molecule is CCNC(CCOCC(F)(F)F)C(=O)O. The van der Waals surface area contributed by atoms with E-state index in [0.717, 1.165) is 0 Å². The number of ether oxygens (including phenoxy) is 1. The van der Waals surface area contributed by atoms with Crippen LogP contribution in [0.4, 0.5) is 13.2 Å². The Labute approximate surface area is 85.4 Å². The number of hydrogen-bond acceptors (Lipinski definition) is 3. The lowest BCUT2D eigenvalue weighted by molar-refractivity contribution is -0.174. The van der Waals surface area contributed by atoms with Crippen LogP contribution >= 0.6 is 0 Å². The lowest BCUT2D eigenvalue weighted by Gasteiger charge is -2.13. The van der Waals surface area contributed by atoms with Gasteiger partial charge in [-0.2, -0.15) is 13.2 Å². The van der Waals surface area contributed by atoms with E-state index in [1.165, 1.54) is 0 Å². The molecule has 0 heterocycles. The van der Waals surface area contributed by atoms with Gasteiger partial charge >= 0.3 is 12.1 Å². The predicted octanol–water partition coefficient (Wildman–Crippen LogP) is 1.02. The van der Waals surface area contributed by atoms with E-state index in [9.17, 15) is 18.0 Å². The third-order valence-electron chi connectivity index (χ3n) is 1.57. The molecule has 4 nitrogen and oxygen atoms in total. The summed E-state index contributed by atoms with van der Waals surface area (Å²) in [4.78, 5) is 10.5. The predicted molar refractivity (Wildman–Crippen MR) is 46.6 cm³/mol. The normalized spacial score (nSPS) is 13.9. The van der Waals surface area contributed by atoms with Crippen LogP contribution in [-0.2, 0) is 9.53 Å². The summed E-state index contributed by atoms with van der Waals surface area (Å²) in [6, 6.07) is -0.858. The highest BCUT2D eigenvalue weighted by molar-refractivity contribution is 5.73. The number of carboxylic acid groups (broad SMARTS) is 1. The van der Waals surface area contributed by atoms with E-state index >= 15 is 0 Å². The monoisotopic (exact) mass is 229 g/mol. The van der Waals surface area contributed by atoms with E-state index < -0.39 is 24.8 Å². The highest BCUT2D eigenvalue weighted by Gasteiger charge is 2.27. The van der Waals surface area contributed by atoms with Crippen LogP contribution in [0.25, 0.3) is 0 Å². The van der Waals surface area contributed by atoms with Gasteiger partial charge in [-0.15, -0.1) is 0 Å². The number of rotatable bonds is 7. The summed E-state index contributed by atoms with van der Waals surface area (Å²) in [5.41, 5.74) is 0. The van der Waals surface area contributed by atoms with Gasteiger partial charge in [0.05, 0.1) is 0 Å². The lowest BCUT2D eigenvalue weighted by atomic mass is 10.2. The zero-order valence-corrected chi connectivity index (χ0v) is 8.30. The molecule has 0 fully saturated rings. The molecule has 0 bridgehead atoms. The minimum atomic E-state index is -4.36. The van der Waals surface area contributed by atoms with Crippen LogP contribution in [0.5, 0.6) is 0 Å². The van der Waals surface area contributed by atoms with E-state index in [2.05, 4.69) is 10.1 Å². The molecule has 0 aromatic rings. The van der Waals surface area contributed by atoms with E-state index in [-0.39, 0.29) is 13.0 Å². The van der Waals surface area contributed by atoms with Crippen molar-refractivity contribution in [1.82, 2.24) is 5.32 Å². The second kappa shape index (κ2) is 6.62. The Balaban J connectivity index is 3.67. The summed E-state index contributed by atoms with van der Waals surface area (Å²) < 4.78 is 39.2. The summed E-state index contributed by atoms with van der Waals surface area (Å²) >= 11 is 0. The number of carboxylic acids is 1. The van der Waals surface area contributed by atoms with E-state index in [4.69, 9.17) is 5.11 Å². The molecule has 0 aliphatic heterocycles. The number of likely N-dealkylation sites (N-methyl/N-ethyl adjacent to an activating group) is 1. The Morgan fingerprint density at radius 1 is 1.53 bits per heavy atom. The van der Waals surface area contributed by atoms with E-state index in [1.807, 2.05) is 0 Å². The van der Waals surface area contributed by atoms with Crippen molar-refractivity contribution in [3.05, 3.63) is 0 Å². The molecule has 90 valence electrons. The molecule has 0 radical (unpaired) electrons. The zero-order valence-electron chi connectivity index (χ0n) is 8.30. The third-order valence-corrected chi connectivity index (χ3v) is 1.57. The topological polar surface area (TPSA) is 58.6 Å². The molecule has 7 heteroatoms. The number of halogens is 3. The largest absolute Gasteiger partial charge is 0.480 e. The molecule has 0 spiro atoms. The fraction of sp³-hybridized carbons (Fsp3) is 0.875. The molecule has 0 aliphatic carbocycles. The van der Waals surface area contributed by atoms with Gasteiger partial charge in [-0.3, -0.25) is 4.79 Å². The zero-order chi connectivity index (χ0) is 11.9. The standard InChI is InChI=1S/C8H14F3NO3/c1-2-12-6(7(13)14)3-4-15-5-8(9,10)11/h6,12H,2-5H2,1H3,(H,13,14). The summed E-state index contributed by atoms with van der Waals surface area (Å²) in [7, 11) is 0. The van der Waals surface area contributed by atoms with Gasteiger partial charge in [-0.1, -0.05) is 6.92 Å². The van der Waals surface area contributed by atoms with Gasteiger partial charge in [0.25, 0.3) is 0 Å². The highest BCUT2D eigenvalue weighted by atomic mass is 19.4. The molecule has 0 rings (SSSR count). The number of carbonyl (C=O) groups is 1. The lowest BCUT2D eigenvalue weighted by Crippen LogP contribution is -2.37. The summed E-state index contributed by atoms with van der Waals surface area (Å²) in [5.74, 6) is -1.09. The quantitative estimate of drug-likeness (QED) is 0.640. The van der Waals surface area contributed by atoms with Crippen LogP contribution in [0.15, 0.2) is 0 Å². The maximum absolute atomic E-state index is 11.6. The van der Waals surface area contributed by atoms with Gasteiger partial charge < -0.3 is 15.2 Å². The Morgan fingerprint density at radius 2 is 2.13 bits per heavy atom. The van der Waals surface area contributed by atoms with Crippen LogP contribution in [0.2, 0.25) is 0 Å². The maximum Gasteiger partial charge on any atom is 0.411 e. The summed E-state index contributed by atoms with van der Waals surface area (Å²) in [5, 5.41) is 11.2. The fourth-order valence-corrected chi connectivity index (χ4v) is 0.948. The molecule has 2 N–H and O–H groups in total. The molecule has 0 saturated heterocycles. The molecule has 1 atom stereocenters. The van der Waals surface area contributed by atoms with Crippen LogP contribution in [0, 0.1) is 0 Å². The number of hydrogen-bond donors (Lipinski definition) is 2. The first-order valence-electron chi connectivity index (χ1n) is 4.47. The van der Waals surface area contributed by atoms with Crippen molar-refractivity contribution in [1.29, 1.82) is 0 Å². The van der Waals surface area contributed by atoms with Crippen molar-refractivity contribution in [2.24, 2.45) is 0 Å². The van der Waals surface area contributed by atoms with Gasteiger partial charge in [0.15, 0.2) is 0 Å². The first-order valence-corrected chi connectivity index (χ1v) is 4.47. The minimum absolute atomic E-state index is 0.0131. The second-order valence-corrected chi connectivity index (χ2v) is 2.90. The molecule has 0 aromatic heterocycles. The maximum atomic E-state index is 11.6. The average Bonchev–Trinajstić information content (AvgIpc) is 2.08. The molecule has 0 aliphatic rings. The van der Waals surface area contributed by atoms with Crippen LogP contribution < -0.4 is 5.32 Å². The Kier molecular flexibility index (Phi) is 6.26. The number of alkyl halides is 3. The van der Waals surface area contributed by atoms with Crippen molar-refractivity contribution in [3.63, 3.8) is 0 Å². The van der Waals surface area contributed by atoms with Crippen molar-refractivity contribution >= 4 is 5.97 Å². The average molecular weight is 229 g/mol. The molecule has 0 aromatic carbocycles. The smallest absolute Gasteiger partial charge is 0.411 e. The van der Waals surface area contributed by atoms with Crippen LogP contribution in [-0.4, -0.2) is 43.1 Å². The molecular weight excluding hydrogens is 215 g/mol. The molecule has 0 saturated carbocycles. The summed E-state index contributed by atoms with van der Waals surface area (Å²) in [6.07, 6.45) is -4.35. The van der Waals surface area contributed by atoms with Gasteiger partial charge in [-0.05, 0) is 13.0 Å². The molecule has 1 unspecified atom stereocenters. The summed E-state index contributed by atoms with van der Waals surface area (Å²) in [6.45, 7) is 0.581. The van der Waals surface area contributed by atoms with Gasteiger partial charge in [-0.25, -0.2) is 0 Å². The Morgan fingerprint density at radius 3 is 2.53 bits per heavy atom. The van der Waals surface area contributed by atoms with Gasteiger partial charge in [0, 0.05) is 6.61 Å². The number of nitrogens with one attached hydrogen (secondary N) is 1. The van der Waals surface area contributed by atoms with E-state index in [0.29, 0.717) is 6.54 Å². The third kappa shape index (κ3) is 8.19. The fourth-order valence-electron chi connectivity index (χ4n) is 0.948. The van der Waals surface area contributed by atoms with Crippen LogP contribution in [0.1, 0.15) is 13.3 Å². The van der Waals surface area contributed by atoms with Crippen molar-refractivity contribution < 1.29 is 27.8 Å². The first kappa shape index (κ1) is 14.2.